The molecule has 0 saturated carbocycles. The molecule has 0 saturated heterocycles. The van der Waals surface area contributed by atoms with Crippen LogP contribution in [0, 0.1) is 0 Å². The van der Waals surface area contributed by atoms with Crippen molar-refractivity contribution < 1.29 is 0 Å². The molecule has 6 nitrogen and oxygen atoms in total. The minimum atomic E-state index is -0.0606. The largest absolute Gasteiger partial charge is 0.271 e. The molecule has 0 amide bonds. The third kappa shape index (κ3) is 2.26. The van der Waals surface area contributed by atoms with Crippen molar-refractivity contribution in [1.82, 2.24) is 25.2 Å². The van der Waals surface area contributed by atoms with E-state index in [1.165, 1.54) is 6.33 Å². The third-order valence-electron chi connectivity index (χ3n) is 3.42. The summed E-state index contributed by atoms with van der Waals surface area (Å²) in [7, 11) is 1.95. The summed E-state index contributed by atoms with van der Waals surface area (Å²) >= 11 is 0. The minimum absolute atomic E-state index is 0.0606. The van der Waals surface area contributed by atoms with E-state index < -0.39 is 0 Å². The maximum atomic E-state index is 5.66. The van der Waals surface area contributed by atoms with Crippen LogP contribution < -0.4 is 11.3 Å². The SMILES string of the molecule is Cn1nc(CC(NN)c2cncnc2)c2ccccc21. The lowest BCUT2D eigenvalue weighted by molar-refractivity contribution is 0.539. The smallest absolute Gasteiger partial charge is 0.115 e. The van der Waals surface area contributed by atoms with Crippen LogP contribution in [0.5, 0.6) is 0 Å². The van der Waals surface area contributed by atoms with E-state index in [9.17, 15) is 0 Å². The van der Waals surface area contributed by atoms with E-state index >= 15 is 0 Å². The number of fused-ring (bicyclic) bond motifs is 1. The quantitative estimate of drug-likeness (QED) is 0.547. The molecule has 2 heterocycles. The van der Waals surface area contributed by atoms with Gasteiger partial charge < -0.3 is 0 Å². The molecule has 20 heavy (non-hydrogen) atoms. The predicted molar refractivity (Wildman–Crippen MR) is 76.5 cm³/mol. The minimum Gasteiger partial charge on any atom is -0.271 e. The molecule has 0 fully saturated rings. The summed E-state index contributed by atoms with van der Waals surface area (Å²) < 4.78 is 1.89. The van der Waals surface area contributed by atoms with E-state index in [-0.39, 0.29) is 6.04 Å². The van der Waals surface area contributed by atoms with E-state index in [1.807, 2.05) is 23.9 Å². The van der Waals surface area contributed by atoms with Crippen LogP contribution in [0.4, 0.5) is 0 Å². The molecule has 0 spiro atoms. The zero-order valence-corrected chi connectivity index (χ0v) is 11.2. The highest BCUT2D eigenvalue weighted by atomic mass is 15.3. The number of aryl methyl sites for hydroxylation is 1. The summed E-state index contributed by atoms with van der Waals surface area (Å²) in [4.78, 5) is 8.06. The highest BCUT2D eigenvalue weighted by molar-refractivity contribution is 5.81. The Morgan fingerprint density at radius 2 is 2.00 bits per heavy atom. The maximum absolute atomic E-state index is 5.66. The van der Waals surface area contributed by atoms with Crippen molar-refractivity contribution in [3.8, 4) is 0 Å². The number of hydrogen-bond donors (Lipinski definition) is 2. The fourth-order valence-electron chi connectivity index (χ4n) is 2.40. The Morgan fingerprint density at radius 1 is 1.25 bits per heavy atom. The van der Waals surface area contributed by atoms with Crippen LogP contribution in [0.25, 0.3) is 10.9 Å². The van der Waals surface area contributed by atoms with Gasteiger partial charge in [-0.3, -0.25) is 16.0 Å². The van der Waals surface area contributed by atoms with Gasteiger partial charge >= 0.3 is 0 Å². The van der Waals surface area contributed by atoms with Crippen molar-refractivity contribution in [2.75, 3.05) is 0 Å². The molecule has 1 aromatic carbocycles. The molecule has 0 aliphatic heterocycles. The number of hydrazine groups is 1. The van der Waals surface area contributed by atoms with Crippen LogP contribution >= 0.6 is 0 Å². The number of nitrogens with one attached hydrogen (secondary N) is 1. The summed E-state index contributed by atoms with van der Waals surface area (Å²) in [5.41, 5.74) is 5.88. The van der Waals surface area contributed by atoms with Gasteiger partial charge in [0.25, 0.3) is 0 Å². The topological polar surface area (TPSA) is 81.7 Å². The molecule has 0 aliphatic rings. The molecular formula is C14H16N6. The zero-order valence-electron chi connectivity index (χ0n) is 11.2. The van der Waals surface area contributed by atoms with Crippen molar-refractivity contribution in [3.63, 3.8) is 0 Å². The first kappa shape index (κ1) is 12.7. The monoisotopic (exact) mass is 268 g/mol. The Labute approximate surface area is 116 Å². The maximum Gasteiger partial charge on any atom is 0.115 e. The van der Waals surface area contributed by atoms with E-state index in [1.54, 1.807) is 12.4 Å². The Bertz CT molecular complexity index is 706. The molecule has 1 unspecified atom stereocenters. The lowest BCUT2D eigenvalue weighted by atomic mass is 10.0. The van der Waals surface area contributed by atoms with E-state index in [0.29, 0.717) is 6.42 Å². The first-order valence-electron chi connectivity index (χ1n) is 6.41. The highest BCUT2D eigenvalue weighted by Crippen LogP contribution is 2.22. The zero-order chi connectivity index (χ0) is 13.9. The Morgan fingerprint density at radius 3 is 2.75 bits per heavy atom. The van der Waals surface area contributed by atoms with Crippen LogP contribution in [-0.4, -0.2) is 19.7 Å². The van der Waals surface area contributed by atoms with Crippen LogP contribution in [0.2, 0.25) is 0 Å². The van der Waals surface area contributed by atoms with Crippen LogP contribution in [0.15, 0.2) is 43.0 Å². The van der Waals surface area contributed by atoms with Crippen molar-refractivity contribution in [3.05, 3.63) is 54.2 Å². The summed E-state index contributed by atoms with van der Waals surface area (Å²) in [6.45, 7) is 0. The average Bonchev–Trinajstić information content (AvgIpc) is 2.82. The molecule has 2 aromatic heterocycles. The van der Waals surface area contributed by atoms with E-state index in [4.69, 9.17) is 5.84 Å². The molecule has 0 radical (unpaired) electrons. The molecule has 3 N–H and O–H groups in total. The van der Waals surface area contributed by atoms with Gasteiger partial charge in [-0.25, -0.2) is 9.97 Å². The normalized spacial score (nSPS) is 12.7. The van der Waals surface area contributed by atoms with Crippen molar-refractivity contribution in [1.29, 1.82) is 0 Å². The van der Waals surface area contributed by atoms with Gasteiger partial charge in [0.2, 0.25) is 0 Å². The van der Waals surface area contributed by atoms with Gasteiger partial charge in [-0.05, 0) is 6.07 Å². The van der Waals surface area contributed by atoms with Gasteiger partial charge in [0.15, 0.2) is 0 Å². The number of para-hydroxylation sites is 1. The van der Waals surface area contributed by atoms with Crippen molar-refractivity contribution in [2.45, 2.75) is 12.5 Å². The number of nitrogens with two attached hydrogens (primary N) is 1. The van der Waals surface area contributed by atoms with Crippen LogP contribution in [-0.2, 0) is 13.5 Å². The second-order valence-electron chi connectivity index (χ2n) is 4.68. The predicted octanol–water partition coefficient (Wildman–Crippen LogP) is 1.11. The van der Waals surface area contributed by atoms with Crippen molar-refractivity contribution in [2.24, 2.45) is 12.9 Å². The molecule has 3 rings (SSSR count). The number of rotatable bonds is 4. The molecular weight excluding hydrogens is 252 g/mol. The first-order valence-corrected chi connectivity index (χ1v) is 6.41. The summed E-state index contributed by atoms with van der Waals surface area (Å²) in [5, 5.41) is 5.73. The summed E-state index contributed by atoms with van der Waals surface area (Å²) in [6.07, 6.45) is 5.73. The van der Waals surface area contributed by atoms with Crippen molar-refractivity contribution >= 4 is 10.9 Å². The van der Waals surface area contributed by atoms with Gasteiger partial charge in [-0.15, -0.1) is 0 Å². The lowest BCUT2D eigenvalue weighted by Crippen LogP contribution is -2.30. The fraction of sp³-hybridized carbons (Fsp3) is 0.214. The second kappa shape index (κ2) is 5.36. The molecule has 1 atom stereocenters. The second-order valence-corrected chi connectivity index (χ2v) is 4.68. The summed E-state index contributed by atoms with van der Waals surface area (Å²) in [6, 6.07) is 8.10. The average molecular weight is 268 g/mol. The number of benzene rings is 1. The first-order chi connectivity index (χ1) is 9.79. The van der Waals surface area contributed by atoms with Gasteiger partial charge in [0.1, 0.15) is 6.33 Å². The fourth-order valence-corrected chi connectivity index (χ4v) is 2.40. The number of hydrogen-bond acceptors (Lipinski definition) is 5. The Hall–Kier alpha value is -2.31. The number of aromatic nitrogens is 4. The Kier molecular flexibility index (Phi) is 3.41. The van der Waals surface area contributed by atoms with E-state index in [0.717, 1.165) is 22.2 Å². The Balaban J connectivity index is 1.96. The standard InChI is InChI=1S/C14H16N6/c1-20-14-5-3-2-4-11(14)13(19-20)6-12(18-15)10-7-16-9-17-8-10/h2-5,7-9,12,18H,6,15H2,1H3. The summed E-state index contributed by atoms with van der Waals surface area (Å²) in [5.74, 6) is 5.66. The number of nitrogens with zero attached hydrogens (tertiary/aromatic N) is 4. The molecule has 6 heteroatoms. The van der Waals surface area contributed by atoms with Crippen LogP contribution in [0.3, 0.4) is 0 Å². The van der Waals surface area contributed by atoms with Gasteiger partial charge in [0, 0.05) is 36.8 Å². The van der Waals surface area contributed by atoms with Gasteiger partial charge in [0.05, 0.1) is 17.3 Å². The highest BCUT2D eigenvalue weighted by Gasteiger charge is 2.16. The third-order valence-corrected chi connectivity index (χ3v) is 3.42. The molecule has 0 aliphatic carbocycles. The van der Waals surface area contributed by atoms with Gasteiger partial charge in [-0.1, -0.05) is 18.2 Å². The lowest BCUT2D eigenvalue weighted by Gasteiger charge is -2.14. The molecule has 0 bridgehead atoms. The van der Waals surface area contributed by atoms with Gasteiger partial charge in [-0.2, -0.15) is 5.10 Å². The molecule has 102 valence electrons. The molecule has 3 aromatic rings. The van der Waals surface area contributed by atoms with Crippen LogP contribution in [0.1, 0.15) is 17.3 Å². The van der Waals surface area contributed by atoms with E-state index in [2.05, 4.69) is 32.6 Å².